The van der Waals surface area contributed by atoms with E-state index in [1.807, 2.05) is 0 Å². The third kappa shape index (κ3) is 2.79. The number of carboxylic acid groups (broad SMARTS) is 1. The molecule has 1 fully saturated rings. The molecule has 12 heavy (non-hydrogen) atoms. The van der Waals surface area contributed by atoms with Crippen molar-refractivity contribution in [3.63, 3.8) is 0 Å². The Bertz CT molecular complexity index is 155. The van der Waals surface area contributed by atoms with Gasteiger partial charge in [0.1, 0.15) is 6.04 Å². The first kappa shape index (κ1) is 9.48. The van der Waals surface area contributed by atoms with E-state index in [1.165, 1.54) is 0 Å². The lowest BCUT2D eigenvalue weighted by Gasteiger charge is -2.25. The van der Waals surface area contributed by atoms with Gasteiger partial charge in [-0.25, -0.2) is 0 Å². The number of carboxylic acids is 1. The second-order valence-corrected chi connectivity index (χ2v) is 3.27. The van der Waals surface area contributed by atoms with Gasteiger partial charge in [0.05, 0.1) is 0 Å². The van der Waals surface area contributed by atoms with Crippen molar-refractivity contribution in [2.45, 2.75) is 31.8 Å². The van der Waals surface area contributed by atoms with E-state index >= 15 is 0 Å². The van der Waals surface area contributed by atoms with Crippen molar-refractivity contribution in [1.29, 1.82) is 0 Å². The summed E-state index contributed by atoms with van der Waals surface area (Å²) in [6, 6.07) is -0.111. The van der Waals surface area contributed by atoms with E-state index in [4.69, 9.17) is 5.11 Å². The van der Waals surface area contributed by atoms with E-state index in [9.17, 15) is 4.79 Å². The Morgan fingerprint density at radius 1 is 1.75 bits per heavy atom. The van der Waals surface area contributed by atoms with Crippen molar-refractivity contribution in [3.8, 4) is 0 Å². The molecule has 0 bridgehead atoms. The standard InChI is InChI=1S/C8H16N2O2/c1-6(8(11)12)10-7-3-2-4-9-5-7/h6-7,9-10H,2-5H2,1H3,(H,11,12)/t6-,7?/m0/s1. The summed E-state index contributed by atoms with van der Waals surface area (Å²) in [6.07, 6.45) is 2.20. The highest BCUT2D eigenvalue weighted by molar-refractivity contribution is 5.72. The fraction of sp³-hybridized carbons (Fsp3) is 0.875. The molecular formula is C8H16N2O2. The Morgan fingerprint density at radius 3 is 3.00 bits per heavy atom. The lowest BCUT2D eigenvalue weighted by molar-refractivity contribution is -0.139. The molecule has 4 heteroatoms. The zero-order valence-corrected chi connectivity index (χ0v) is 7.34. The largest absolute Gasteiger partial charge is 0.480 e. The zero-order valence-electron chi connectivity index (χ0n) is 7.34. The van der Waals surface area contributed by atoms with Crippen molar-refractivity contribution in [2.75, 3.05) is 13.1 Å². The molecule has 70 valence electrons. The van der Waals surface area contributed by atoms with Crippen molar-refractivity contribution in [2.24, 2.45) is 0 Å². The summed E-state index contributed by atoms with van der Waals surface area (Å²) in [5, 5.41) is 14.9. The van der Waals surface area contributed by atoms with Crippen LogP contribution in [0.5, 0.6) is 0 Å². The van der Waals surface area contributed by atoms with Gasteiger partial charge < -0.3 is 15.7 Å². The van der Waals surface area contributed by atoms with Gasteiger partial charge in [0, 0.05) is 12.6 Å². The number of aliphatic carboxylic acids is 1. The van der Waals surface area contributed by atoms with Gasteiger partial charge in [0.2, 0.25) is 0 Å². The van der Waals surface area contributed by atoms with Gasteiger partial charge in [0.25, 0.3) is 0 Å². The van der Waals surface area contributed by atoms with Gasteiger partial charge in [-0.15, -0.1) is 0 Å². The maximum absolute atomic E-state index is 10.5. The summed E-state index contributed by atoms with van der Waals surface area (Å²) >= 11 is 0. The molecule has 0 aliphatic carbocycles. The summed E-state index contributed by atoms with van der Waals surface area (Å²) in [4.78, 5) is 10.5. The lowest BCUT2D eigenvalue weighted by atomic mass is 10.1. The maximum atomic E-state index is 10.5. The number of hydrogen-bond donors (Lipinski definition) is 3. The number of carbonyl (C=O) groups is 1. The van der Waals surface area contributed by atoms with E-state index in [0.717, 1.165) is 25.9 Å². The van der Waals surface area contributed by atoms with Crippen LogP contribution in [0.1, 0.15) is 19.8 Å². The summed E-state index contributed by atoms with van der Waals surface area (Å²) in [6.45, 7) is 3.62. The fourth-order valence-electron chi connectivity index (χ4n) is 1.42. The number of nitrogens with one attached hydrogen (secondary N) is 2. The second-order valence-electron chi connectivity index (χ2n) is 3.27. The van der Waals surface area contributed by atoms with E-state index < -0.39 is 12.0 Å². The van der Waals surface area contributed by atoms with Crippen molar-refractivity contribution >= 4 is 5.97 Å². The first-order valence-corrected chi connectivity index (χ1v) is 4.39. The smallest absolute Gasteiger partial charge is 0.320 e. The van der Waals surface area contributed by atoms with Crippen molar-refractivity contribution < 1.29 is 9.90 Å². The molecule has 0 saturated carbocycles. The number of piperidine rings is 1. The van der Waals surface area contributed by atoms with Crippen LogP contribution in [0, 0.1) is 0 Å². The van der Waals surface area contributed by atoms with Crippen molar-refractivity contribution in [1.82, 2.24) is 10.6 Å². The van der Waals surface area contributed by atoms with Crippen LogP contribution < -0.4 is 10.6 Å². The molecule has 1 saturated heterocycles. The predicted molar refractivity (Wildman–Crippen MR) is 46.1 cm³/mol. The van der Waals surface area contributed by atoms with Gasteiger partial charge in [0.15, 0.2) is 0 Å². The Kier molecular flexibility index (Phi) is 3.49. The van der Waals surface area contributed by atoms with Crippen LogP contribution in [-0.2, 0) is 4.79 Å². The van der Waals surface area contributed by atoms with Crippen LogP contribution in [0.3, 0.4) is 0 Å². The molecule has 2 atom stereocenters. The van der Waals surface area contributed by atoms with Crippen LogP contribution in [-0.4, -0.2) is 36.2 Å². The van der Waals surface area contributed by atoms with Crippen LogP contribution in [0.25, 0.3) is 0 Å². The van der Waals surface area contributed by atoms with E-state index in [1.54, 1.807) is 6.92 Å². The molecule has 1 aliphatic heterocycles. The molecule has 0 aromatic rings. The molecule has 1 heterocycles. The van der Waals surface area contributed by atoms with Gasteiger partial charge in [-0.2, -0.15) is 0 Å². The molecule has 0 aromatic heterocycles. The molecule has 0 aromatic carbocycles. The minimum atomic E-state index is -0.777. The van der Waals surface area contributed by atoms with Crippen LogP contribution in [0.4, 0.5) is 0 Å². The third-order valence-corrected chi connectivity index (χ3v) is 2.15. The van der Waals surface area contributed by atoms with Gasteiger partial charge in [-0.3, -0.25) is 4.79 Å². The van der Waals surface area contributed by atoms with E-state index in [0.29, 0.717) is 6.04 Å². The van der Waals surface area contributed by atoms with Gasteiger partial charge >= 0.3 is 5.97 Å². The summed E-state index contributed by atoms with van der Waals surface area (Å²) in [5.74, 6) is -0.777. The average molecular weight is 172 g/mol. The molecule has 0 spiro atoms. The van der Waals surface area contributed by atoms with Gasteiger partial charge in [-0.1, -0.05) is 0 Å². The quantitative estimate of drug-likeness (QED) is 0.552. The summed E-state index contributed by atoms with van der Waals surface area (Å²) < 4.78 is 0. The first-order chi connectivity index (χ1) is 5.70. The second kappa shape index (κ2) is 4.42. The molecule has 1 rings (SSSR count). The topological polar surface area (TPSA) is 61.4 Å². The molecule has 1 unspecified atom stereocenters. The molecule has 3 N–H and O–H groups in total. The monoisotopic (exact) mass is 172 g/mol. The highest BCUT2D eigenvalue weighted by Crippen LogP contribution is 2.02. The Balaban J connectivity index is 2.24. The average Bonchev–Trinajstić information content (AvgIpc) is 2.06. The molecule has 1 aliphatic rings. The number of rotatable bonds is 3. The normalized spacial score (nSPS) is 26.6. The Hall–Kier alpha value is -0.610. The van der Waals surface area contributed by atoms with Gasteiger partial charge in [-0.05, 0) is 26.3 Å². The van der Waals surface area contributed by atoms with Crippen LogP contribution >= 0.6 is 0 Å². The fourth-order valence-corrected chi connectivity index (χ4v) is 1.42. The minimum absolute atomic E-state index is 0.324. The minimum Gasteiger partial charge on any atom is -0.480 e. The number of hydrogen-bond acceptors (Lipinski definition) is 3. The van der Waals surface area contributed by atoms with E-state index in [2.05, 4.69) is 10.6 Å². The maximum Gasteiger partial charge on any atom is 0.320 e. The molecule has 4 nitrogen and oxygen atoms in total. The summed E-state index contributed by atoms with van der Waals surface area (Å²) in [5.41, 5.74) is 0. The SMILES string of the molecule is C[C@H](NC1CCCNC1)C(=O)O. The molecular weight excluding hydrogens is 156 g/mol. The Morgan fingerprint density at radius 2 is 2.50 bits per heavy atom. The molecule has 0 amide bonds. The first-order valence-electron chi connectivity index (χ1n) is 4.39. The predicted octanol–water partition coefficient (Wildman–Crippen LogP) is -0.199. The highest BCUT2D eigenvalue weighted by atomic mass is 16.4. The summed E-state index contributed by atoms with van der Waals surface area (Å²) in [7, 11) is 0. The zero-order chi connectivity index (χ0) is 8.97. The lowest BCUT2D eigenvalue weighted by Crippen LogP contribution is -2.48. The Labute approximate surface area is 72.3 Å². The van der Waals surface area contributed by atoms with Crippen LogP contribution in [0.2, 0.25) is 0 Å². The van der Waals surface area contributed by atoms with Crippen molar-refractivity contribution in [3.05, 3.63) is 0 Å². The third-order valence-electron chi connectivity index (χ3n) is 2.15. The van der Waals surface area contributed by atoms with Crippen LogP contribution in [0.15, 0.2) is 0 Å². The van der Waals surface area contributed by atoms with E-state index in [-0.39, 0.29) is 0 Å². The molecule has 0 radical (unpaired) electrons. The highest BCUT2D eigenvalue weighted by Gasteiger charge is 2.18.